The number of likely N-dealkylation sites (tertiary alicyclic amines) is 1. The van der Waals surface area contributed by atoms with Crippen molar-refractivity contribution in [3.8, 4) is 0 Å². The van der Waals surface area contributed by atoms with Crippen molar-refractivity contribution in [2.45, 2.75) is 56.9 Å². The van der Waals surface area contributed by atoms with Crippen LogP contribution in [-0.4, -0.2) is 51.4 Å². The Balaban J connectivity index is 1.65. The molecule has 2 heterocycles. The molecule has 7 heteroatoms. The summed E-state index contributed by atoms with van der Waals surface area (Å²) in [5.41, 5.74) is 0.770. The molecule has 2 saturated heterocycles. The summed E-state index contributed by atoms with van der Waals surface area (Å²) in [6.07, 6.45) is 4.79. The average Bonchev–Trinajstić information content (AvgIpc) is 3.30. The SMILES string of the molecule is CC(C)CC(CNS(=O)(=O)c1ccc(N2CCCC2=O)cc1)N1CCCC1. The van der Waals surface area contributed by atoms with Crippen LogP contribution in [-0.2, 0) is 14.8 Å². The molecule has 1 aromatic carbocycles. The minimum absolute atomic E-state index is 0.103. The van der Waals surface area contributed by atoms with Crippen molar-refractivity contribution in [2.24, 2.45) is 5.92 Å². The lowest BCUT2D eigenvalue weighted by molar-refractivity contribution is -0.117. The molecule has 2 aliphatic rings. The predicted octanol–water partition coefficient (Wildman–Crippen LogP) is 2.60. The van der Waals surface area contributed by atoms with E-state index in [9.17, 15) is 13.2 Å². The van der Waals surface area contributed by atoms with Gasteiger partial charge in [-0.15, -0.1) is 0 Å². The summed E-state index contributed by atoms with van der Waals surface area (Å²) in [7, 11) is -3.55. The second-order valence-corrected chi connectivity index (χ2v) is 9.79. The van der Waals surface area contributed by atoms with Crippen molar-refractivity contribution in [3.63, 3.8) is 0 Å². The highest BCUT2D eigenvalue weighted by Crippen LogP contribution is 2.23. The zero-order valence-electron chi connectivity index (χ0n) is 16.4. The van der Waals surface area contributed by atoms with Crippen LogP contribution in [0.3, 0.4) is 0 Å². The maximum Gasteiger partial charge on any atom is 0.240 e. The van der Waals surface area contributed by atoms with Gasteiger partial charge in [0.2, 0.25) is 15.9 Å². The molecule has 1 unspecified atom stereocenters. The largest absolute Gasteiger partial charge is 0.312 e. The van der Waals surface area contributed by atoms with E-state index in [1.54, 1.807) is 29.2 Å². The van der Waals surface area contributed by atoms with E-state index in [-0.39, 0.29) is 16.8 Å². The van der Waals surface area contributed by atoms with Crippen molar-refractivity contribution < 1.29 is 13.2 Å². The topological polar surface area (TPSA) is 69.7 Å². The molecule has 2 fully saturated rings. The van der Waals surface area contributed by atoms with E-state index in [1.165, 1.54) is 12.8 Å². The summed E-state index contributed by atoms with van der Waals surface area (Å²) in [5.74, 6) is 0.628. The van der Waals surface area contributed by atoms with Gasteiger partial charge in [-0.3, -0.25) is 9.69 Å². The lowest BCUT2D eigenvalue weighted by atomic mass is 10.0. The number of carbonyl (C=O) groups excluding carboxylic acids is 1. The molecule has 27 heavy (non-hydrogen) atoms. The molecule has 1 atom stereocenters. The highest BCUT2D eigenvalue weighted by atomic mass is 32.2. The van der Waals surface area contributed by atoms with Gasteiger partial charge in [-0.25, -0.2) is 13.1 Å². The van der Waals surface area contributed by atoms with E-state index in [0.717, 1.165) is 31.6 Å². The summed E-state index contributed by atoms with van der Waals surface area (Å²) in [5, 5.41) is 0. The number of nitrogens with one attached hydrogen (secondary N) is 1. The van der Waals surface area contributed by atoms with Crippen LogP contribution in [0.1, 0.15) is 46.0 Å². The number of anilines is 1. The Labute approximate surface area is 163 Å². The Hall–Kier alpha value is -1.44. The first-order valence-electron chi connectivity index (χ1n) is 10.0. The number of amides is 1. The molecule has 6 nitrogen and oxygen atoms in total. The first kappa shape index (κ1) is 20.3. The van der Waals surface area contributed by atoms with Crippen LogP contribution in [0.2, 0.25) is 0 Å². The van der Waals surface area contributed by atoms with Crippen molar-refractivity contribution >= 4 is 21.6 Å². The standard InChI is InChI=1S/C20H31N3O3S/c1-16(2)14-18(22-11-3-4-12-22)15-21-27(25,26)19-9-7-17(8-10-19)23-13-5-6-20(23)24/h7-10,16,18,21H,3-6,11-15H2,1-2H3. The van der Waals surface area contributed by atoms with E-state index in [2.05, 4.69) is 23.5 Å². The number of benzene rings is 1. The van der Waals surface area contributed by atoms with Crippen LogP contribution in [0.4, 0.5) is 5.69 Å². The van der Waals surface area contributed by atoms with Gasteiger partial charge < -0.3 is 4.90 Å². The van der Waals surface area contributed by atoms with Crippen LogP contribution < -0.4 is 9.62 Å². The lowest BCUT2D eigenvalue weighted by Gasteiger charge is -2.29. The molecule has 3 rings (SSSR count). The molecule has 0 bridgehead atoms. The van der Waals surface area contributed by atoms with Gasteiger partial charge in [0, 0.05) is 31.2 Å². The van der Waals surface area contributed by atoms with Crippen molar-refractivity contribution in [1.29, 1.82) is 0 Å². The number of hydrogen-bond acceptors (Lipinski definition) is 4. The highest BCUT2D eigenvalue weighted by Gasteiger charge is 2.26. The molecule has 1 amide bonds. The number of rotatable bonds is 8. The van der Waals surface area contributed by atoms with E-state index in [1.807, 2.05) is 0 Å². The molecular weight excluding hydrogens is 362 g/mol. The molecule has 0 radical (unpaired) electrons. The van der Waals surface area contributed by atoms with Gasteiger partial charge in [0.1, 0.15) is 0 Å². The fourth-order valence-corrected chi connectivity index (χ4v) is 5.10. The van der Waals surface area contributed by atoms with Gasteiger partial charge in [-0.2, -0.15) is 0 Å². The molecule has 0 aliphatic carbocycles. The maximum absolute atomic E-state index is 12.7. The summed E-state index contributed by atoms with van der Waals surface area (Å²) in [6, 6.07) is 6.88. The fourth-order valence-electron chi connectivity index (χ4n) is 4.03. The fraction of sp³-hybridized carbons (Fsp3) is 0.650. The van der Waals surface area contributed by atoms with E-state index >= 15 is 0 Å². The van der Waals surface area contributed by atoms with Crippen LogP contribution in [0.25, 0.3) is 0 Å². The molecule has 1 aromatic rings. The third-order valence-electron chi connectivity index (χ3n) is 5.44. The second-order valence-electron chi connectivity index (χ2n) is 8.02. The number of hydrogen-bond donors (Lipinski definition) is 1. The Bertz CT molecular complexity index is 740. The molecule has 150 valence electrons. The summed E-state index contributed by atoms with van der Waals surface area (Å²) in [4.78, 5) is 16.2. The molecule has 2 aliphatic heterocycles. The molecule has 1 N–H and O–H groups in total. The zero-order chi connectivity index (χ0) is 19.4. The molecule has 0 spiro atoms. The predicted molar refractivity (Wildman–Crippen MR) is 107 cm³/mol. The summed E-state index contributed by atoms with van der Waals surface area (Å²) < 4.78 is 28.3. The summed E-state index contributed by atoms with van der Waals surface area (Å²) >= 11 is 0. The van der Waals surface area contributed by atoms with E-state index in [0.29, 0.717) is 25.4 Å². The first-order chi connectivity index (χ1) is 12.9. The van der Waals surface area contributed by atoms with Crippen molar-refractivity contribution in [1.82, 2.24) is 9.62 Å². The molecule has 0 saturated carbocycles. The maximum atomic E-state index is 12.7. The zero-order valence-corrected chi connectivity index (χ0v) is 17.2. The quantitative estimate of drug-likeness (QED) is 0.737. The summed E-state index contributed by atoms with van der Waals surface area (Å²) in [6.45, 7) is 7.60. The minimum atomic E-state index is -3.55. The number of sulfonamides is 1. The Morgan fingerprint density at radius 2 is 1.70 bits per heavy atom. The monoisotopic (exact) mass is 393 g/mol. The third kappa shape index (κ3) is 5.09. The highest BCUT2D eigenvalue weighted by molar-refractivity contribution is 7.89. The smallest absolute Gasteiger partial charge is 0.240 e. The van der Waals surface area contributed by atoms with Crippen LogP contribution in [0.5, 0.6) is 0 Å². The molecular formula is C20H31N3O3S. The second kappa shape index (κ2) is 8.71. The van der Waals surface area contributed by atoms with Crippen LogP contribution in [0.15, 0.2) is 29.2 Å². The first-order valence-corrected chi connectivity index (χ1v) is 11.5. The number of carbonyl (C=O) groups is 1. The van der Waals surface area contributed by atoms with Crippen molar-refractivity contribution in [2.75, 3.05) is 31.1 Å². The van der Waals surface area contributed by atoms with Crippen LogP contribution in [0, 0.1) is 5.92 Å². The minimum Gasteiger partial charge on any atom is -0.312 e. The van der Waals surface area contributed by atoms with Crippen LogP contribution >= 0.6 is 0 Å². The van der Waals surface area contributed by atoms with Crippen molar-refractivity contribution in [3.05, 3.63) is 24.3 Å². The van der Waals surface area contributed by atoms with Gasteiger partial charge >= 0.3 is 0 Å². The van der Waals surface area contributed by atoms with E-state index < -0.39 is 10.0 Å². The third-order valence-corrected chi connectivity index (χ3v) is 6.88. The van der Waals surface area contributed by atoms with Gasteiger partial charge in [0.05, 0.1) is 4.90 Å². The lowest BCUT2D eigenvalue weighted by Crippen LogP contribution is -2.43. The number of nitrogens with zero attached hydrogens (tertiary/aromatic N) is 2. The molecule has 0 aromatic heterocycles. The van der Waals surface area contributed by atoms with Gasteiger partial charge in [-0.05, 0) is 69.0 Å². The average molecular weight is 394 g/mol. The van der Waals surface area contributed by atoms with E-state index in [4.69, 9.17) is 0 Å². The Morgan fingerprint density at radius 3 is 2.26 bits per heavy atom. The Morgan fingerprint density at radius 1 is 1.04 bits per heavy atom. The normalized spacial score (nSPS) is 20.0. The van der Waals surface area contributed by atoms with Gasteiger partial charge in [0.25, 0.3) is 0 Å². The van der Waals surface area contributed by atoms with Gasteiger partial charge in [0.15, 0.2) is 0 Å². The Kier molecular flexibility index (Phi) is 6.55. The van der Waals surface area contributed by atoms with Gasteiger partial charge in [-0.1, -0.05) is 13.8 Å².